The van der Waals surface area contributed by atoms with Crippen LogP contribution in [0.3, 0.4) is 0 Å². The Kier molecular flexibility index (Phi) is 6.52. The van der Waals surface area contributed by atoms with E-state index in [2.05, 4.69) is 10.6 Å². The summed E-state index contributed by atoms with van der Waals surface area (Å²) in [4.78, 5) is 35.3. The molecule has 2 rings (SSSR count). The molecule has 0 aliphatic heterocycles. The van der Waals surface area contributed by atoms with Crippen LogP contribution in [0.2, 0.25) is 0 Å². The van der Waals surface area contributed by atoms with Gasteiger partial charge in [-0.2, -0.15) is 0 Å². The van der Waals surface area contributed by atoms with Gasteiger partial charge < -0.3 is 15.2 Å². The van der Waals surface area contributed by atoms with E-state index in [0.29, 0.717) is 30.3 Å². The summed E-state index contributed by atoms with van der Waals surface area (Å²) in [5, 5.41) is 7.40. The Balaban J connectivity index is 1.85. The number of hydrogen-bond acceptors (Lipinski definition) is 4. The van der Waals surface area contributed by atoms with Crippen molar-refractivity contribution < 1.29 is 9.59 Å². The number of rotatable bonds is 7. The lowest BCUT2D eigenvalue weighted by molar-refractivity contribution is -0.117. The summed E-state index contributed by atoms with van der Waals surface area (Å²) in [5.74, 6) is 0.121. The van der Waals surface area contributed by atoms with Crippen molar-refractivity contribution in [1.82, 2.24) is 4.57 Å². The van der Waals surface area contributed by atoms with Crippen LogP contribution in [0.4, 0.5) is 11.4 Å². The van der Waals surface area contributed by atoms with Crippen LogP contribution in [0, 0.1) is 12.8 Å². The van der Waals surface area contributed by atoms with Crippen molar-refractivity contribution in [2.75, 3.05) is 10.6 Å². The fraction of sp³-hybridized carbons (Fsp3) is 0.389. The van der Waals surface area contributed by atoms with Crippen molar-refractivity contribution >= 4 is 34.5 Å². The molecule has 0 atom stereocenters. The number of aromatic nitrogens is 1. The second-order valence-corrected chi connectivity index (χ2v) is 7.14. The monoisotopic (exact) mass is 361 g/mol. The molecule has 0 spiro atoms. The molecule has 0 radical (unpaired) electrons. The predicted octanol–water partition coefficient (Wildman–Crippen LogP) is 3.23. The van der Waals surface area contributed by atoms with Crippen LogP contribution in [0.1, 0.15) is 32.4 Å². The second kappa shape index (κ2) is 8.62. The molecule has 1 aromatic carbocycles. The fourth-order valence-electron chi connectivity index (χ4n) is 2.33. The highest BCUT2D eigenvalue weighted by Gasteiger charge is 2.08. The Morgan fingerprint density at radius 1 is 1.08 bits per heavy atom. The maximum Gasteiger partial charge on any atom is 0.307 e. The average Bonchev–Trinajstić information content (AvgIpc) is 2.85. The Labute approximate surface area is 150 Å². The molecule has 0 saturated heterocycles. The SMILES string of the molecule is Cc1csc(=O)n1CCC(=O)Nc1ccc(NC(=O)CC(C)C)cc1. The summed E-state index contributed by atoms with van der Waals surface area (Å²) in [6.07, 6.45) is 0.699. The van der Waals surface area contributed by atoms with Gasteiger partial charge in [-0.3, -0.25) is 14.4 Å². The first-order chi connectivity index (χ1) is 11.8. The highest BCUT2D eigenvalue weighted by molar-refractivity contribution is 7.07. The zero-order valence-electron chi connectivity index (χ0n) is 14.7. The normalized spacial score (nSPS) is 10.7. The third-order valence-corrected chi connectivity index (χ3v) is 4.47. The van der Waals surface area contributed by atoms with Gasteiger partial charge in [0.15, 0.2) is 0 Å². The van der Waals surface area contributed by atoms with E-state index in [0.717, 1.165) is 17.0 Å². The third kappa shape index (κ3) is 5.86. The highest BCUT2D eigenvalue weighted by Crippen LogP contribution is 2.15. The minimum absolute atomic E-state index is 0.0247. The Hall–Kier alpha value is -2.41. The van der Waals surface area contributed by atoms with Crippen molar-refractivity contribution in [3.05, 3.63) is 45.0 Å². The predicted molar refractivity (Wildman–Crippen MR) is 101 cm³/mol. The van der Waals surface area contributed by atoms with Crippen LogP contribution in [-0.4, -0.2) is 16.4 Å². The van der Waals surface area contributed by atoms with E-state index in [1.54, 1.807) is 34.2 Å². The van der Waals surface area contributed by atoms with Crippen molar-refractivity contribution in [2.24, 2.45) is 5.92 Å². The topological polar surface area (TPSA) is 80.2 Å². The molecule has 2 amide bonds. The second-order valence-electron chi connectivity index (χ2n) is 6.32. The minimum atomic E-state index is -0.158. The molecule has 2 aromatic rings. The molecule has 0 saturated carbocycles. The molecule has 6 nitrogen and oxygen atoms in total. The van der Waals surface area contributed by atoms with Crippen LogP contribution >= 0.6 is 11.3 Å². The summed E-state index contributed by atoms with van der Waals surface area (Å²) in [6.45, 7) is 6.19. The van der Waals surface area contributed by atoms with E-state index in [4.69, 9.17) is 0 Å². The van der Waals surface area contributed by atoms with Gasteiger partial charge in [-0.15, -0.1) is 0 Å². The van der Waals surface area contributed by atoms with E-state index in [-0.39, 0.29) is 23.1 Å². The number of nitrogens with one attached hydrogen (secondary N) is 2. The number of carbonyl (C=O) groups is 2. The van der Waals surface area contributed by atoms with Gasteiger partial charge in [-0.1, -0.05) is 25.2 Å². The molecular formula is C18H23N3O3S. The number of carbonyl (C=O) groups excluding carboxylic acids is 2. The lowest BCUT2D eigenvalue weighted by Crippen LogP contribution is -2.20. The van der Waals surface area contributed by atoms with Gasteiger partial charge in [0.1, 0.15) is 0 Å². The van der Waals surface area contributed by atoms with Gasteiger partial charge in [0.25, 0.3) is 0 Å². The van der Waals surface area contributed by atoms with Gasteiger partial charge in [0.2, 0.25) is 11.8 Å². The molecule has 7 heteroatoms. The number of aryl methyl sites for hydroxylation is 1. The van der Waals surface area contributed by atoms with Gasteiger partial charge in [0, 0.05) is 41.8 Å². The molecule has 25 heavy (non-hydrogen) atoms. The van der Waals surface area contributed by atoms with E-state index in [9.17, 15) is 14.4 Å². The lowest BCUT2D eigenvalue weighted by atomic mass is 10.1. The lowest BCUT2D eigenvalue weighted by Gasteiger charge is -2.09. The smallest absolute Gasteiger partial charge is 0.307 e. The number of nitrogens with zero attached hydrogens (tertiary/aromatic N) is 1. The summed E-state index contributed by atoms with van der Waals surface area (Å²) in [5.41, 5.74) is 2.22. The van der Waals surface area contributed by atoms with Crippen molar-refractivity contribution in [3.63, 3.8) is 0 Å². The van der Waals surface area contributed by atoms with E-state index >= 15 is 0 Å². The van der Waals surface area contributed by atoms with E-state index < -0.39 is 0 Å². The fourth-order valence-corrected chi connectivity index (χ4v) is 3.09. The maximum atomic E-state index is 12.0. The highest BCUT2D eigenvalue weighted by atomic mass is 32.1. The van der Waals surface area contributed by atoms with Crippen LogP contribution in [-0.2, 0) is 16.1 Å². The summed E-state index contributed by atoms with van der Waals surface area (Å²) in [6, 6.07) is 6.98. The van der Waals surface area contributed by atoms with Crippen molar-refractivity contribution in [3.8, 4) is 0 Å². The molecule has 2 N–H and O–H groups in total. The van der Waals surface area contributed by atoms with Crippen molar-refractivity contribution in [2.45, 2.75) is 40.2 Å². The van der Waals surface area contributed by atoms with Gasteiger partial charge in [0.05, 0.1) is 0 Å². The summed E-state index contributed by atoms with van der Waals surface area (Å²) >= 11 is 1.14. The summed E-state index contributed by atoms with van der Waals surface area (Å²) < 4.78 is 1.59. The molecule has 1 heterocycles. The zero-order chi connectivity index (χ0) is 18.4. The molecule has 0 aliphatic carbocycles. The molecular weight excluding hydrogens is 338 g/mol. The van der Waals surface area contributed by atoms with Gasteiger partial charge in [-0.25, -0.2) is 0 Å². The van der Waals surface area contributed by atoms with Crippen molar-refractivity contribution in [1.29, 1.82) is 0 Å². The number of anilines is 2. The Morgan fingerprint density at radius 2 is 1.64 bits per heavy atom. The first kappa shape index (κ1) is 18.9. The molecule has 1 aromatic heterocycles. The Bertz CT molecular complexity index is 791. The first-order valence-electron chi connectivity index (χ1n) is 8.20. The molecule has 0 bridgehead atoms. The molecule has 0 fully saturated rings. The zero-order valence-corrected chi connectivity index (χ0v) is 15.5. The standard InChI is InChI=1S/C18H23N3O3S/c1-12(2)10-17(23)20-15-6-4-14(5-7-15)19-16(22)8-9-21-13(3)11-25-18(21)24/h4-7,11-12H,8-10H2,1-3H3,(H,19,22)(H,20,23). The van der Waals surface area contributed by atoms with Crippen LogP contribution in [0.5, 0.6) is 0 Å². The van der Waals surface area contributed by atoms with Crippen LogP contribution in [0.25, 0.3) is 0 Å². The van der Waals surface area contributed by atoms with Crippen LogP contribution in [0.15, 0.2) is 34.4 Å². The average molecular weight is 361 g/mol. The van der Waals surface area contributed by atoms with E-state index in [1.807, 2.05) is 20.8 Å². The largest absolute Gasteiger partial charge is 0.326 e. The van der Waals surface area contributed by atoms with E-state index in [1.165, 1.54) is 0 Å². The Morgan fingerprint density at radius 3 is 2.12 bits per heavy atom. The molecule has 134 valence electrons. The van der Waals surface area contributed by atoms with Crippen LogP contribution < -0.4 is 15.5 Å². The number of hydrogen-bond donors (Lipinski definition) is 2. The number of amides is 2. The third-order valence-electron chi connectivity index (χ3n) is 3.58. The number of thiazole rings is 1. The summed E-state index contributed by atoms with van der Waals surface area (Å²) in [7, 11) is 0. The molecule has 0 aliphatic rings. The minimum Gasteiger partial charge on any atom is -0.326 e. The number of benzene rings is 1. The van der Waals surface area contributed by atoms with Gasteiger partial charge in [-0.05, 0) is 37.1 Å². The van der Waals surface area contributed by atoms with Gasteiger partial charge >= 0.3 is 4.87 Å². The quantitative estimate of drug-likeness (QED) is 0.794. The molecule has 0 unspecified atom stereocenters. The first-order valence-corrected chi connectivity index (χ1v) is 9.08. The maximum absolute atomic E-state index is 12.0.